The van der Waals surface area contributed by atoms with E-state index >= 15 is 0 Å². The Morgan fingerprint density at radius 3 is 1.40 bits per heavy atom. The number of aliphatic hydroxyl groups is 9. The van der Waals surface area contributed by atoms with Crippen molar-refractivity contribution in [1.29, 1.82) is 0 Å². The number of hydrogen-bond acceptors (Lipinski definition) is 21. The van der Waals surface area contributed by atoms with E-state index in [-0.39, 0.29) is 29.8 Å². The molecule has 18 atom stereocenters. The second-order valence-corrected chi connectivity index (χ2v) is 30.6. The van der Waals surface area contributed by atoms with Crippen LogP contribution in [0.1, 0.15) is 125 Å². The van der Waals surface area contributed by atoms with Crippen LogP contribution < -0.4 is 36.1 Å². The fourth-order valence-electron chi connectivity index (χ4n) is 16.4. The molecule has 0 aliphatic heterocycles. The zero-order valence-corrected chi connectivity index (χ0v) is 63.7. The summed E-state index contributed by atoms with van der Waals surface area (Å²) in [4.78, 5) is 21.8. The molecule has 0 radical (unpaired) electrons. The van der Waals surface area contributed by atoms with Crippen LogP contribution >= 0.6 is 23.2 Å². The summed E-state index contributed by atoms with van der Waals surface area (Å²) in [5.74, 6) is 0.881. The van der Waals surface area contributed by atoms with Crippen LogP contribution in [-0.2, 0) is 19.4 Å². The molecule has 15 N–H and O–H groups in total. The zero-order valence-electron chi connectivity index (χ0n) is 62.2. The van der Waals surface area contributed by atoms with Crippen LogP contribution in [0, 0.1) is 39.3 Å². The lowest BCUT2D eigenvalue weighted by Gasteiger charge is -2.21. The number of fused-ring (bicyclic) bond motifs is 5. The summed E-state index contributed by atoms with van der Waals surface area (Å²) >= 11 is 12.0. The third-order valence-corrected chi connectivity index (χ3v) is 23.1. The fraction of sp³-hybridized carbons (Fsp3) is 0.386. The maximum Gasteiger partial charge on any atom is 0.143 e. The normalized spacial score (nSPS) is 26.2. The lowest BCUT2D eigenvalue weighted by Crippen LogP contribution is -2.34. The maximum absolute atomic E-state index is 13.9. The predicted octanol–water partition coefficient (Wildman–Crippen LogP) is 9.77. The molecular formula is C83H92Cl2F2N12O13. The number of nitrogens with zero attached hydrogens (tertiary/aromatic N) is 9. The van der Waals surface area contributed by atoms with Crippen LogP contribution in [0.5, 0.6) is 23.0 Å². The Kier molecular flexibility index (Phi) is 23.7. The highest BCUT2D eigenvalue weighted by Gasteiger charge is 2.49. The SMILES string of the molecule is Cc1ccnc2c1ccn2[C@@H]1C[C@H](Oc2ccc(Cl)cc2CCN)[C@@H](O)[C@H]1O.Cc1ccnc2c1ccn2[C@@H]1C[C@H](Oc2ccc(F)cc2CO)[C@@H](O)[C@H]1O.Cc1ccnc2c1ccn2[C@@H]1C[C@H](Oc2cccc3c2[C@@H](N)CC3)[C@@H](O)[C@H]1O.Cc1ncnc2c1ccn2[C@@H]1C[C@H](Oc2cc(Cl)c(F)cc2[C@@H](C)N)[C@@H](O)[C@H]1O. The smallest absolute Gasteiger partial charge is 0.143 e. The van der Waals surface area contributed by atoms with Gasteiger partial charge in [-0.1, -0.05) is 35.3 Å². The molecule has 4 aromatic carbocycles. The zero-order chi connectivity index (χ0) is 79.2. The molecule has 8 heterocycles. The standard InChI is InChI=1S/C22H25N3O3.C21H24ClN3O3.C20H22ClFN4O3.C20H21FN2O4/c1-12-7-9-24-22-14(12)8-10-25(22)16-11-18(21(27)20(16)26)28-17-4-2-3-13-5-6-15(23)19(13)17;1-12-5-8-24-21-15(12)6-9-25(21)16-11-18(20(27)19(16)26)28-17-3-2-14(22)10-13(17)4-7-23;1-9(23)12-5-14(22)13(21)6-16(12)29-17-7-15(18(27)19(17)28)26-4-3-11-10(2)24-8-25-20(11)26;1-11-4-6-22-20-14(11)5-7-23(20)15-9-17(19(26)18(15)25)27-16-3-2-13(21)8-12(16)10-24/h2-4,7-10,15-16,18,20-21,26-27H,5-6,11,23H2,1H3;2-3,5-6,8-10,16,18-20,26-27H,4,7,11,23H2,1H3;3-6,8-9,15,17-19,27-28H,7,23H2,1-2H3;2-8,15,17-19,24-26H,9-10H2,1H3/t15-,16+,18-,20-,21+;16-,18+,19+,20-;9-,15-,17+,18+,19-;15-,17+,18+,19-/m0111/s1. The van der Waals surface area contributed by atoms with E-state index in [4.69, 9.17) is 59.4 Å². The molecule has 5 aliphatic carbocycles. The van der Waals surface area contributed by atoms with Gasteiger partial charge in [0.05, 0.1) is 41.5 Å². The third-order valence-electron chi connectivity index (χ3n) is 22.6. The number of aromatic nitrogens is 9. The molecule has 8 aromatic heterocycles. The number of ether oxygens (including phenoxy) is 4. The van der Waals surface area contributed by atoms with Crippen LogP contribution in [0.3, 0.4) is 0 Å². The Labute approximate surface area is 654 Å². The number of hydrogen-bond donors (Lipinski definition) is 12. The molecule has 112 heavy (non-hydrogen) atoms. The van der Waals surface area contributed by atoms with E-state index in [9.17, 15) is 54.7 Å². The molecular weight excluding hydrogens is 1480 g/mol. The van der Waals surface area contributed by atoms with Gasteiger partial charge in [-0.2, -0.15) is 0 Å². The highest BCUT2D eigenvalue weighted by molar-refractivity contribution is 6.31. The van der Waals surface area contributed by atoms with Gasteiger partial charge in [-0.05, 0) is 179 Å². The first-order chi connectivity index (χ1) is 53.8. The van der Waals surface area contributed by atoms with Gasteiger partial charge >= 0.3 is 0 Å². The van der Waals surface area contributed by atoms with Crippen LogP contribution in [0.2, 0.25) is 10.0 Å². The molecule has 4 saturated carbocycles. The van der Waals surface area contributed by atoms with Crippen molar-refractivity contribution in [3.05, 3.63) is 231 Å². The molecule has 0 amide bonds. The van der Waals surface area contributed by atoms with Gasteiger partial charge in [0.2, 0.25) is 0 Å². The minimum Gasteiger partial charge on any atom is -0.487 e. The summed E-state index contributed by atoms with van der Waals surface area (Å²) < 4.78 is 58.9. The molecule has 4 fully saturated rings. The number of rotatable bonds is 16. The molecule has 0 unspecified atom stereocenters. The lowest BCUT2D eigenvalue weighted by molar-refractivity contribution is -0.0168. The summed E-state index contributed by atoms with van der Waals surface area (Å²) in [6.07, 6.45) is 7.67. The second kappa shape index (κ2) is 33.4. The summed E-state index contributed by atoms with van der Waals surface area (Å²) in [6.45, 7) is 9.73. The number of aliphatic hydroxyl groups excluding tert-OH is 9. The van der Waals surface area contributed by atoms with Crippen molar-refractivity contribution >= 4 is 67.3 Å². The van der Waals surface area contributed by atoms with Gasteiger partial charge in [0.25, 0.3) is 0 Å². The first-order valence-corrected chi connectivity index (χ1v) is 38.2. The van der Waals surface area contributed by atoms with Crippen LogP contribution in [0.15, 0.2) is 159 Å². The number of pyridine rings is 3. The molecule has 0 bridgehead atoms. The summed E-state index contributed by atoms with van der Waals surface area (Å²) in [6, 6.07) is 29.4. The van der Waals surface area contributed by atoms with Crippen molar-refractivity contribution in [1.82, 2.24) is 43.2 Å². The monoisotopic (exact) mass is 1570 g/mol. The van der Waals surface area contributed by atoms with Gasteiger partial charge in [-0.25, -0.2) is 33.7 Å². The van der Waals surface area contributed by atoms with E-state index in [1.807, 2.05) is 131 Å². The van der Waals surface area contributed by atoms with Crippen LogP contribution in [0.4, 0.5) is 8.78 Å². The van der Waals surface area contributed by atoms with E-state index in [0.29, 0.717) is 77.7 Å². The summed E-state index contributed by atoms with van der Waals surface area (Å²) in [5.41, 5.74) is 29.0. The highest BCUT2D eigenvalue weighted by atomic mass is 35.5. The predicted molar refractivity (Wildman–Crippen MR) is 418 cm³/mol. The van der Waals surface area contributed by atoms with Gasteiger partial charge in [0, 0.05) is 130 Å². The third kappa shape index (κ3) is 15.7. The van der Waals surface area contributed by atoms with Gasteiger partial charge in [0.1, 0.15) is 137 Å². The Bertz CT molecular complexity index is 5360. The quantitative estimate of drug-likeness (QED) is 0.0428. The Morgan fingerprint density at radius 1 is 0.500 bits per heavy atom. The lowest BCUT2D eigenvalue weighted by atomic mass is 10.1. The molecule has 17 rings (SSSR count). The molecule has 12 aromatic rings. The summed E-state index contributed by atoms with van der Waals surface area (Å²) in [7, 11) is 0. The molecule has 590 valence electrons. The summed E-state index contributed by atoms with van der Waals surface area (Å²) in [5, 5.41) is 99.0. The molecule has 0 saturated heterocycles. The van der Waals surface area contributed by atoms with E-state index in [0.717, 1.165) is 90.6 Å². The Hall–Kier alpha value is -9.27. The van der Waals surface area contributed by atoms with Crippen molar-refractivity contribution in [2.75, 3.05) is 6.54 Å². The van der Waals surface area contributed by atoms with Crippen molar-refractivity contribution in [2.45, 2.75) is 196 Å². The van der Waals surface area contributed by atoms with E-state index in [1.54, 1.807) is 37.6 Å². The van der Waals surface area contributed by atoms with Crippen molar-refractivity contribution in [3.63, 3.8) is 0 Å². The minimum atomic E-state index is -1.15. The first-order valence-electron chi connectivity index (χ1n) is 37.5. The number of benzene rings is 4. The van der Waals surface area contributed by atoms with E-state index in [1.165, 1.54) is 42.2 Å². The van der Waals surface area contributed by atoms with Crippen molar-refractivity contribution in [2.24, 2.45) is 17.2 Å². The van der Waals surface area contributed by atoms with Gasteiger partial charge in [0.15, 0.2) is 0 Å². The maximum atomic E-state index is 13.9. The van der Waals surface area contributed by atoms with Crippen LogP contribution in [-0.4, -0.2) is 169 Å². The first kappa shape index (κ1) is 79.4. The molecule has 5 aliphatic rings. The molecule has 25 nitrogen and oxygen atoms in total. The fourth-order valence-corrected chi connectivity index (χ4v) is 16.8. The molecule has 29 heteroatoms. The highest BCUT2D eigenvalue weighted by Crippen LogP contribution is 2.44. The Balaban J connectivity index is 0.000000124. The van der Waals surface area contributed by atoms with Crippen molar-refractivity contribution < 1.29 is 73.7 Å². The number of halogens is 4. The van der Waals surface area contributed by atoms with E-state index < -0.39 is 103 Å². The van der Waals surface area contributed by atoms with Crippen LogP contribution in [0.25, 0.3) is 44.1 Å². The average Bonchev–Trinajstić information content (AvgIpc) is 1.63. The van der Waals surface area contributed by atoms with Crippen molar-refractivity contribution in [3.8, 4) is 23.0 Å². The van der Waals surface area contributed by atoms with Gasteiger partial charge in [-0.3, -0.25) is 0 Å². The largest absolute Gasteiger partial charge is 0.487 e. The van der Waals surface area contributed by atoms with Gasteiger partial charge in [-0.15, -0.1) is 0 Å². The number of aryl methyl sites for hydroxylation is 5. The minimum absolute atomic E-state index is 0.0361. The topological polar surface area (TPSA) is 381 Å². The van der Waals surface area contributed by atoms with Gasteiger partial charge < -0.3 is 100 Å². The van der Waals surface area contributed by atoms with E-state index in [2.05, 4.69) is 31.0 Å². The number of nitrogens with two attached hydrogens (primary N) is 3. The molecule has 0 spiro atoms. The second-order valence-electron chi connectivity index (χ2n) is 29.7. The Morgan fingerprint density at radius 2 is 0.938 bits per heavy atom. The average molecular weight is 1570 g/mol.